The zero-order valence-corrected chi connectivity index (χ0v) is 17.7. The van der Waals surface area contributed by atoms with Crippen molar-refractivity contribution in [2.75, 3.05) is 39.8 Å². The zero-order chi connectivity index (χ0) is 18.9. The Labute approximate surface area is 169 Å². The summed E-state index contributed by atoms with van der Waals surface area (Å²) in [6.07, 6.45) is 4.28. The lowest BCUT2D eigenvalue weighted by molar-refractivity contribution is 0.0685. The van der Waals surface area contributed by atoms with E-state index in [1.165, 1.54) is 6.42 Å². The average molecular weight is 396 g/mol. The van der Waals surface area contributed by atoms with Crippen molar-refractivity contribution in [3.05, 3.63) is 35.4 Å². The number of nitrogens with one attached hydrogen (secondary N) is 1. The van der Waals surface area contributed by atoms with E-state index in [4.69, 9.17) is 0 Å². The van der Waals surface area contributed by atoms with Crippen LogP contribution in [0.25, 0.3) is 0 Å². The summed E-state index contributed by atoms with van der Waals surface area (Å²) >= 11 is 0. The average Bonchev–Trinajstić information content (AvgIpc) is 2.70. The predicted octanol–water partition coefficient (Wildman–Crippen LogP) is 3.44. The second kappa shape index (κ2) is 12.0. The van der Waals surface area contributed by atoms with Gasteiger partial charge in [-0.25, -0.2) is 0 Å². The van der Waals surface area contributed by atoms with Crippen molar-refractivity contribution in [2.24, 2.45) is 5.92 Å². The number of piperidine rings is 1. The molecule has 0 saturated carbocycles. The number of halogens is 1. The third-order valence-electron chi connectivity index (χ3n) is 5.25. The highest BCUT2D eigenvalue weighted by molar-refractivity contribution is 5.97. The molecule has 1 fully saturated rings. The molecule has 0 spiro atoms. The molecule has 1 aliphatic rings. The summed E-state index contributed by atoms with van der Waals surface area (Å²) in [6, 6.07) is 7.16. The molecule has 2 amide bonds. The smallest absolute Gasteiger partial charge is 0.253 e. The second-order valence-corrected chi connectivity index (χ2v) is 7.09. The molecular weight excluding hydrogens is 362 g/mol. The quantitative estimate of drug-likeness (QED) is 0.733. The maximum Gasteiger partial charge on any atom is 0.253 e. The van der Waals surface area contributed by atoms with Gasteiger partial charge in [0.2, 0.25) is 0 Å². The molecule has 152 valence electrons. The molecule has 0 bridgehead atoms. The van der Waals surface area contributed by atoms with Gasteiger partial charge in [0.15, 0.2) is 0 Å². The summed E-state index contributed by atoms with van der Waals surface area (Å²) in [5.74, 6) is 0.834. The van der Waals surface area contributed by atoms with E-state index in [1.54, 1.807) is 24.3 Å². The van der Waals surface area contributed by atoms with Crippen molar-refractivity contribution in [2.45, 2.75) is 39.5 Å². The van der Waals surface area contributed by atoms with E-state index >= 15 is 0 Å². The van der Waals surface area contributed by atoms with Gasteiger partial charge < -0.3 is 15.1 Å². The van der Waals surface area contributed by atoms with Crippen LogP contribution >= 0.6 is 12.4 Å². The second-order valence-electron chi connectivity index (χ2n) is 7.09. The molecule has 5 nitrogen and oxygen atoms in total. The fourth-order valence-electron chi connectivity index (χ4n) is 3.57. The van der Waals surface area contributed by atoms with E-state index in [9.17, 15) is 9.59 Å². The van der Waals surface area contributed by atoms with E-state index in [-0.39, 0.29) is 24.2 Å². The lowest BCUT2D eigenvalue weighted by Crippen LogP contribution is -2.39. The van der Waals surface area contributed by atoms with Gasteiger partial charge in [0.25, 0.3) is 11.8 Å². The Morgan fingerprint density at radius 3 is 2.22 bits per heavy atom. The summed E-state index contributed by atoms with van der Waals surface area (Å²) in [6.45, 7) is 8.22. The van der Waals surface area contributed by atoms with Gasteiger partial charge in [0, 0.05) is 37.3 Å². The third kappa shape index (κ3) is 6.51. The van der Waals surface area contributed by atoms with Crippen LogP contribution in [0.5, 0.6) is 0 Å². The van der Waals surface area contributed by atoms with Crippen molar-refractivity contribution in [1.82, 2.24) is 15.1 Å². The molecule has 0 atom stereocenters. The standard InChI is InChI=1S/C21H33N3O2.ClH/c1-4-14-23(5-2)20(25)18-6-8-19(9-7-18)21(26)24-15-11-17(12-16-24)10-13-22-3;/h6-9,17,22H,4-5,10-16H2,1-3H3;1H. The van der Waals surface area contributed by atoms with Crippen molar-refractivity contribution < 1.29 is 9.59 Å². The molecule has 0 radical (unpaired) electrons. The number of carbonyl (C=O) groups is 2. The minimum atomic E-state index is 0. The Hall–Kier alpha value is -1.59. The number of carbonyl (C=O) groups excluding carboxylic acids is 2. The Bertz CT molecular complexity index is 584. The molecular formula is C21H34ClN3O2. The lowest BCUT2D eigenvalue weighted by Gasteiger charge is -2.32. The molecule has 0 unspecified atom stereocenters. The number of nitrogens with zero attached hydrogens (tertiary/aromatic N) is 2. The summed E-state index contributed by atoms with van der Waals surface area (Å²) in [5, 5.41) is 3.20. The Morgan fingerprint density at radius 2 is 1.70 bits per heavy atom. The largest absolute Gasteiger partial charge is 0.339 e. The van der Waals surface area contributed by atoms with Crippen LogP contribution in [0, 0.1) is 5.92 Å². The highest BCUT2D eigenvalue weighted by Gasteiger charge is 2.23. The molecule has 6 heteroatoms. The van der Waals surface area contributed by atoms with Crippen LogP contribution < -0.4 is 5.32 Å². The van der Waals surface area contributed by atoms with Crippen molar-refractivity contribution in [3.63, 3.8) is 0 Å². The molecule has 1 heterocycles. The van der Waals surface area contributed by atoms with Crippen molar-refractivity contribution in [1.29, 1.82) is 0 Å². The summed E-state index contributed by atoms with van der Waals surface area (Å²) in [7, 11) is 1.98. The fraction of sp³-hybridized carbons (Fsp3) is 0.619. The normalized spacial score (nSPS) is 14.6. The number of likely N-dealkylation sites (tertiary alicyclic amines) is 1. The monoisotopic (exact) mass is 395 g/mol. The van der Waals surface area contributed by atoms with Crippen LogP contribution in [-0.4, -0.2) is 61.4 Å². The first-order valence-corrected chi connectivity index (χ1v) is 9.93. The summed E-state index contributed by atoms with van der Waals surface area (Å²) < 4.78 is 0. The number of rotatable bonds is 8. The van der Waals surface area contributed by atoms with Gasteiger partial charge in [0.1, 0.15) is 0 Å². The van der Waals surface area contributed by atoms with Crippen molar-refractivity contribution in [3.8, 4) is 0 Å². The van der Waals surface area contributed by atoms with Crippen LogP contribution in [0.1, 0.15) is 60.2 Å². The van der Waals surface area contributed by atoms with Crippen LogP contribution in [0.4, 0.5) is 0 Å². The highest BCUT2D eigenvalue weighted by Crippen LogP contribution is 2.21. The third-order valence-corrected chi connectivity index (χ3v) is 5.25. The molecule has 0 aliphatic carbocycles. The number of benzene rings is 1. The zero-order valence-electron chi connectivity index (χ0n) is 16.9. The maximum atomic E-state index is 12.7. The van der Waals surface area contributed by atoms with Gasteiger partial charge in [-0.05, 0) is 76.4 Å². The number of amides is 2. The minimum absolute atomic E-state index is 0. The van der Waals surface area contributed by atoms with E-state index < -0.39 is 0 Å². The molecule has 27 heavy (non-hydrogen) atoms. The number of hydrogen-bond donors (Lipinski definition) is 1. The first-order valence-electron chi connectivity index (χ1n) is 9.93. The van der Waals surface area contributed by atoms with E-state index in [0.717, 1.165) is 45.4 Å². The molecule has 1 N–H and O–H groups in total. The lowest BCUT2D eigenvalue weighted by atomic mass is 9.93. The number of hydrogen-bond acceptors (Lipinski definition) is 3. The predicted molar refractivity (Wildman–Crippen MR) is 113 cm³/mol. The van der Waals surface area contributed by atoms with Crippen LogP contribution in [0.2, 0.25) is 0 Å². The molecule has 1 aromatic carbocycles. The summed E-state index contributed by atoms with van der Waals surface area (Å²) in [4.78, 5) is 29.0. The van der Waals surface area contributed by atoms with E-state index in [0.29, 0.717) is 23.6 Å². The Kier molecular flexibility index (Phi) is 10.4. The van der Waals surface area contributed by atoms with Crippen LogP contribution in [0.3, 0.4) is 0 Å². The fourth-order valence-corrected chi connectivity index (χ4v) is 3.57. The van der Waals surface area contributed by atoms with Crippen LogP contribution in [0.15, 0.2) is 24.3 Å². The molecule has 1 aliphatic heterocycles. The van der Waals surface area contributed by atoms with Gasteiger partial charge in [-0.3, -0.25) is 9.59 Å². The summed E-state index contributed by atoms with van der Waals surface area (Å²) in [5.41, 5.74) is 1.33. The SMILES string of the molecule is CCCN(CC)C(=O)c1ccc(C(=O)N2CCC(CCNC)CC2)cc1.Cl. The molecule has 0 aromatic heterocycles. The van der Waals surface area contributed by atoms with Gasteiger partial charge in [-0.1, -0.05) is 6.92 Å². The van der Waals surface area contributed by atoms with Gasteiger partial charge in [-0.15, -0.1) is 12.4 Å². The van der Waals surface area contributed by atoms with E-state index in [1.807, 2.05) is 23.8 Å². The first-order chi connectivity index (χ1) is 12.6. The first kappa shape index (κ1) is 23.4. The van der Waals surface area contributed by atoms with Crippen LogP contribution in [-0.2, 0) is 0 Å². The minimum Gasteiger partial charge on any atom is -0.339 e. The molecule has 2 rings (SSSR count). The van der Waals surface area contributed by atoms with Gasteiger partial charge >= 0.3 is 0 Å². The van der Waals surface area contributed by atoms with Gasteiger partial charge in [-0.2, -0.15) is 0 Å². The van der Waals surface area contributed by atoms with Gasteiger partial charge in [0.05, 0.1) is 0 Å². The Balaban J connectivity index is 0.00000364. The highest BCUT2D eigenvalue weighted by atomic mass is 35.5. The maximum absolute atomic E-state index is 12.7. The molecule has 1 saturated heterocycles. The van der Waals surface area contributed by atoms with Crippen molar-refractivity contribution >= 4 is 24.2 Å². The molecule has 1 aromatic rings. The Morgan fingerprint density at radius 1 is 1.11 bits per heavy atom. The topological polar surface area (TPSA) is 52.7 Å². The van der Waals surface area contributed by atoms with E-state index in [2.05, 4.69) is 12.2 Å².